The van der Waals surface area contributed by atoms with Crippen LogP contribution in [0.1, 0.15) is 30.4 Å². The number of hydrogen-bond acceptors (Lipinski definition) is 4. The quantitative estimate of drug-likeness (QED) is 0.825. The van der Waals surface area contributed by atoms with Crippen LogP contribution in [0, 0.1) is 13.8 Å². The van der Waals surface area contributed by atoms with Crippen LogP contribution >= 0.6 is 0 Å². The summed E-state index contributed by atoms with van der Waals surface area (Å²) in [5, 5.41) is 8.08. The standard InChI is InChI=1S/C13H17N3O/c1-4-5-12-15-16-13(17-12)10-7-11(14)9(3)6-8(10)2/h6-7H,4-5,14H2,1-3H3. The summed E-state index contributed by atoms with van der Waals surface area (Å²) < 4.78 is 5.61. The third kappa shape index (κ3) is 2.30. The number of aromatic nitrogens is 2. The van der Waals surface area contributed by atoms with Crippen LogP contribution in [0.25, 0.3) is 11.5 Å². The van der Waals surface area contributed by atoms with Crippen molar-refractivity contribution in [3.8, 4) is 11.5 Å². The van der Waals surface area contributed by atoms with E-state index in [9.17, 15) is 0 Å². The Bertz CT molecular complexity index is 531. The van der Waals surface area contributed by atoms with Crippen molar-refractivity contribution >= 4 is 5.69 Å². The van der Waals surface area contributed by atoms with Gasteiger partial charge in [-0.3, -0.25) is 0 Å². The predicted octanol–water partition coefficient (Wildman–Crippen LogP) is 2.89. The smallest absolute Gasteiger partial charge is 0.248 e. The molecule has 0 radical (unpaired) electrons. The van der Waals surface area contributed by atoms with Gasteiger partial charge in [-0.25, -0.2) is 0 Å². The van der Waals surface area contributed by atoms with E-state index in [0.717, 1.165) is 35.2 Å². The fourth-order valence-corrected chi connectivity index (χ4v) is 1.78. The molecule has 17 heavy (non-hydrogen) atoms. The van der Waals surface area contributed by atoms with Crippen LogP contribution in [-0.4, -0.2) is 10.2 Å². The van der Waals surface area contributed by atoms with Gasteiger partial charge in [0.25, 0.3) is 0 Å². The van der Waals surface area contributed by atoms with Crippen molar-refractivity contribution in [3.63, 3.8) is 0 Å². The third-order valence-electron chi connectivity index (χ3n) is 2.77. The summed E-state index contributed by atoms with van der Waals surface area (Å²) in [6, 6.07) is 3.93. The van der Waals surface area contributed by atoms with E-state index in [0.29, 0.717) is 11.8 Å². The van der Waals surface area contributed by atoms with Crippen LogP contribution in [0.5, 0.6) is 0 Å². The highest BCUT2D eigenvalue weighted by molar-refractivity contribution is 5.66. The van der Waals surface area contributed by atoms with Crippen molar-refractivity contribution in [2.45, 2.75) is 33.6 Å². The van der Waals surface area contributed by atoms with Gasteiger partial charge in [0.15, 0.2) is 0 Å². The number of nitrogen functional groups attached to an aromatic ring is 1. The maximum absolute atomic E-state index is 5.90. The Morgan fingerprint density at radius 3 is 2.65 bits per heavy atom. The van der Waals surface area contributed by atoms with Crippen LogP contribution in [-0.2, 0) is 6.42 Å². The highest BCUT2D eigenvalue weighted by Crippen LogP contribution is 2.26. The van der Waals surface area contributed by atoms with E-state index in [1.807, 2.05) is 26.0 Å². The molecular weight excluding hydrogens is 214 g/mol. The van der Waals surface area contributed by atoms with Gasteiger partial charge in [-0.05, 0) is 37.5 Å². The molecule has 0 bridgehead atoms. The summed E-state index contributed by atoms with van der Waals surface area (Å²) in [6.45, 7) is 6.09. The van der Waals surface area contributed by atoms with Crippen LogP contribution < -0.4 is 5.73 Å². The Morgan fingerprint density at radius 2 is 1.94 bits per heavy atom. The van der Waals surface area contributed by atoms with Gasteiger partial charge in [-0.2, -0.15) is 0 Å². The first-order valence-electron chi connectivity index (χ1n) is 5.81. The summed E-state index contributed by atoms with van der Waals surface area (Å²) in [5.41, 5.74) is 9.74. The number of rotatable bonds is 3. The minimum Gasteiger partial charge on any atom is -0.421 e. The zero-order valence-electron chi connectivity index (χ0n) is 10.4. The molecule has 0 aliphatic carbocycles. The van der Waals surface area contributed by atoms with Crippen molar-refractivity contribution < 1.29 is 4.42 Å². The molecule has 1 aromatic carbocycles. The van der Waals surface area contributed by atoms with Crippen LogP contribution in [0.15, 0.2) is 16.5 Å². The lowest BCUT2D eigenvalue weighted by molar-refractivity contribution is 0.502. The Kier molecular flexibility index (Phi) is 3.13. The second-order valence-electron chi connectivity index (χ2n) is 4.27. The van der Waals surface area contributed by atoms with Crippen molar-refractivity contribution in [2.75, 3.05) is 5.73 Å². The zero-order valence-corrected chi connectivity index (χ0v) is 10.4. The van der Waals surface area contributed by atoms with Crippen molar-refractivity contribution in [3.05, 3.63) is 29.2 Å². The lowest BCUT2D eigenvalue weighted by Crippen LogP contribution is -1.93. The molecule has 2 rings (SSSR count). The minimum atomic E-state index is 0.553. The molecule has 0 saturated heterocycles. The first kappa shape index (κ1) is 11.6. The Morgan fingerprint density at radius 1 is 1.18 bits per heavy atom. The van der Waals surface area contributed by atoms with Crippen molar-refractivity contribution in [1.82, 2.24) is 10.2 Å². The summed E-state index contributed by atoms with van der Waals surface area (Å²) in [5.74, 6) is 1.23. The predicted molar refractivity (Wildman–Crippen MR) is 67.6 cm³/mol. The molecule has 0 atom stereocenters. The molecule has 90 valence electrons. The van der Waals surface area contributed by atoms with Crippen LogP contribution in [0.3, 0.4) is 0 Å². The van der Waals surface area contributed by atoms with Gasteiger partial charge in [0.2, 0.25) is 11.8 Å². The molecule has 4 nitrogen and oxygen atoms in total. The normalized spacial score (nSPS) is 10.8. The van der Waals surface area contributed by atoms with Crippen molar-refractivity contribution in [1.29, 1.82) is 0 Å². The zero-order chi connectivity index (χ0) is 12.4. The van der Waals surface area contributed by atoms with Gasteiger partial charge in [0.1, 0.15) is 0 Å². The monoisotopic (exact) mass is 231 g/mol. The summed E-state index contributed by atoms with van der Waals surface area (Å²) in [4.78, 5) is 0. The Hall–Kier alpha value is -1.84. The molecule has 2 aromatic rings. The van der Waals surface area contributed by atoms with E-state index >= 15 is 0 Å². The first-order chi connectivity index (χ1) is 8.11. The Balaban J connectivity index is 2.41. The van der Waals surface area contributed by atoms with E-state index in [1.54, 1.807) is 0 Å². The van der Waals surface area contributed by atoms with Gasteiger partial charge in [-0.1, -0.05) is 13.0 Å². The van der Waals surface area contributed by atoms with Gasteiger partial charge >= 0.3 is 0 Å². The van der Waals surface area contributed by atoms with Crippen LogP contribution in [0.2, 0.25) is 0 Å². The fraction of sp³-hybridized carbons (Fsp3) is 0.385. The number of nitrogens with zero attached hydrogens (tertiary/aromatic N) is 2. The fourth-order valence-electron chi connectivity index (χ4n) is 1.78. The molecule has 0 saturated carbocycles. The first-order valence-corrected chi connectivity index (χ1v) is 5.81. The molecule has 1 heterocycles. The SMILES string of the molecule is CCCc1nnc(-c2cc(N)c(C)cc2C)o1. The molecule has 4 heteroatoms. The Labute approximate surface area is 101 Å². The molecule has 0 aliphatic heterocycles. The second-order valence-corrected chi connectivity index (χ2v) is 4.27. The van der Waals surface area contributed by atoms with Crippen LogP contribution in [0.4, 0.5) is 5.69 Å². The molecule has 0 fully saturated rings. The lowest BCUT2D eigenvalue weighted by atomic mass is 10.0. The number of benzene rings is 1. The summed E-state index contributed by atoms with van der Waals surface area (Å²) in [7, 11) is 0. The van der Waals surface area contributed by atoms with Gasteiger partial charge in [-0.15, -0.1) is 10.2 Å². The maximum atomic E-state index is 5.90. The van der Waals surface area contributed by atoms with Gasteiger partial charge in [0, 0.05) is 17.7 Å². The summed E-state index contributed by atoms with van der Waals surface area (Å²) in [6.07, 6.45) is 1.81. The molecule has 1 aromatic heterocycles. The molecule has 0 aliphatic rings. The largest absolute Gasteiger partial charge is 0.421 e. The lowest BCUT2D eigenvalue weighted by Gasteiger charge is -2.05. The van der Waals surface area contributed by atoms with E-state index in [2.05, 4.69) is 17.1 Å². The van der Waals surface area contributed by atoms with E-state index < -0.39 is 0 Å². The van der Waals surface area contributed by atoms with E-state index in [-0.39, 0.29) is 0 Å². The molecule has 0 spiro atoms. The highest BCUT2D eigenvalue weighted by atomic mass is 16.4. The number of hydrogen-bond donors (Lipinski definition) is 1. The molecule has 2 N–H and O–H groups in total. The topological polar surface area (TPSA) is 64.9 Å². The maximum Gasteiger partial charge on any atom is 0.248 e. The number of nitrogens with two attached hydrogens (primary N) is 1. The van der Waals surface area contributed by atoms with Crippen molar-refractivity contribution in [2.24, 2.45) is 0 Å². The number of anilines is 1. The molecular formula is C13H17N3O. The van der Waals surface area contributed by atoms with E-state index in [1.165, 1.54) is 0 Å². The third-order valence-corrected chi connectivity index (χ3v) is 2.77. The molecule has 0 amide bonds. The van der Waals surface area contributed by atoms with E-state index in [4.69, 9.17) is 10.2 Å². The van der Waals surface area contributed by atoms with Gasteiger partial charge < -0.3 is 10.2 Å². The highest BCUT2D eigenvalue weighted by Gasteiger charge is 2.11. The average molecular weight is 231 g/mol. The second kappa shape index (κ2) is 4.57. The summed E-state index contributed by atoms with van der Waals surface area (Å²) >= 11 is 0. The average Bonchev–Trinajstić information content (AvgIpc) is 2.72. The molecule has 0 unspecified atom stereocenters. The number of aryl methyl sites for hydroxylation is 3. The van der Waals surface area contributed by atoms with Gasteiger partial charge in [0.05, 0.1) is 0 Å². The minimum absolute atomic E-state index is 0.553.